The first-order chi connectivity index (χ1) is 13.5. The Morgan fingerprint density at radius 1 is 1.14 bits per heavy atom. The van der Waals surface area contributed by atoms with E-state index in [1.54, 1.807) is 0 Å². The van der Waals surface area contributed by atoms with Crippen molar-refractivity contribution in [2.24, 2.45) is 0 Å². The third-order valence-corrected chi connectivity index (χ3v) is 6.35. The second kappa shape index (κ2) is 9.56. The highest BCUT2D eigenvalue weighted by Crippen LogP contribution is 2.30. The van der Waals surface area contributed by atoms with Crippen LogP contribution in [0, 0.1) is 6.92 Å². The van der Waals surface area contributed by atoms with Crippen molar-refractivity contribution in [3.63, 3.8) is 0 Å². The Labute approximate surface area is 174 Å². The Bertz CT molecular complexity index is 840. The van der Waals surface area contributed by atoms with Gasteiger partial charge in [0.1, 0.15) is 6.54 Å². The molecule has 2 N–H and O–H groups in total. The average Bonchev–Trinajstić information content (AvgIpc) is 2.93. The van der Waals surface area contributed by atoms with E-state index in [2.05, 4.69) is 42.1 Å². The molecule has 1 aromatic carbocycles. The fourth-order valence-corrected chi connectivity index (χ4v) is 4.32. The Hall–Kier alpha value is -1.86. The molecular formula is C21H29BrN4O2. The van der Waals surface area contributed by atoms with Crippen LogP contribution in [0.1, 0.15) is 31.9 Å². The number of fused-ring (bicyclic) bond motifs is 1. The predicted octanol–water partition coefficient (Wildman–Crippen LogP) is 2.82. The minimum Gasteiger partial charge on any atom is -0.355 e. The molecule has 7 heteroatoms. The molecule has 28 heavy (non-hydrogen) atoms. The molecular weight excluding hydrogens is 420 g/mol. The van der Waals surface area contributed by atoms with Gasteiger partial charge in [0.25, 0.3) is 0 Å². The van der Waals surface area contributed by atoms with Gasteiger partial charge in [0.15, 0.2) is 0 Å². The summed E-state index contributed by atoms with van der Waals surface area (Å²) < 4.78 is 3.10. The third kappa shape index (κ3) is 4.94. The standard InChI is InChI=1S/C21H29BrN4O2/c1-3-10-23-19(27)13-25-11-8-16(9-12-25)24-20(28)14-26-15(2)21(22)17-6-4-5-7-18(17)26/h4-7,16H,3,8-14H2,1-2H3,(H,23,27)(H,24,28). The number of halogens is 1. The lowest BCUT2D eigenvalue weighted by molar-refractivity contribution is -0.124. The number of para-hydroxylation sites is 1. The largest absolute Gasteiger partial charge is 0.355 e. The van der Waals surface area contributed by atoms with Crippen LogP contribution in [0.5, 0.6) is 0 Å². The van der Waals surface area contributed by atoms with Crippen molar-refractivity contribution in [1.29, 1.82) is 0 Å². The van der Waals surface area contributed by atoms with Crippen LogP contribution in [0.2, 0.25) is 0 Å². The fraction of sp³-hybridized carbons (Fsp3) is 0.524. The minimum atomic E-state index is 0.0375. The van der Waals surface area contributed by atoms with Gasteiger partial charge in [-0.15, -0.1) is 0 Å². The zero-order chi connectivity index (χ0) is 20.1. The number of carbonyl (C=O) groups is 2. The number of amides is 2. The molecule has 2 aromatic rings. The zero-order valence-electron chi connectivity index (χ0n) is 16.6. The highest BCUT2D eigenvalue weighted by molar-refractivity contribution is 9.10. The lowest BCUT2D eigenvalue weighted by Gasteiger charge is -2.32. The van der Waals surface area contributed by atoms with Gasteiger partial charge in [-0.05, 0) is 48.2 Å². The van der Waals surface area contributed by atoms with Crippen LogP contribution in [-0.2, 0) is 16.1 Å². The van der Waals surface area contributed by atoms with Crippen LogP contribution in [0.3, 0.4) is 0 Å². The molecule has 0 radical (unpaired) electrons. The van der Waals surface area contributed by atoms with Gasteiger partial charge < -0.3 is 15.2 Å². The Balaban J connectivity index is 1.51. The lowest BCUT2D eigenvalue weighted by Crippen LogP contribution is -2.48. The Morgan fingerprint density at radius 2 is 1.86 bits per heavy atom. The summed E-state index contributed by atoms with van der Waals surface area (Å²) in [5.41, 5.74) is 2.12. The van der Waals surface area contributed by atoms with E-state index in [0.717, 1.165) is 60.0 Å². The maximum Gasteiger partial charge on any atom is 0.240 e. The number of likely N-dealkylation sites (tertiary alicyclic amines) is 1. The molecule has 0 spiro atoms. The van der Waals surface area contributed by atoms with Gasteiger partial charge in [-0.2, -0.15) is 0 Å². The van der Waals surface area contributed by atoms with E-state index in [9.17, 15) is 9.59 Å². The summed E-state index contributed by atoms with van der Waals surface area (Å²) in [7, 11) is 0. The summed E-state index contributed by atoms with van der Waals surface area (Å²) in [5, 5.41) is 7.22. The summed E-state index contributed by atoms with van der Waals surface area (Å²) in [6, 6.07) is 8.28. The van der Waals surface area contributed by atoms with Crippen LogP contribution in [0.25, 0.3) is 10.9 Å². The molecule has 0 bridgehead atoms. The van der Waals surface area contributed by atoms with Gasteiger partial charge in [-0.1, -0.05) is 25.1 Å². The normalized spacial score (nSPS) is 15.7. The molecule has 2 heterocycles. The average molecular weight is 449 g/mol. The van der Waals surface area contributed by atoms with Crippen LogP contribution in [0.4, 0.5) is 0 Å². The monoisotopic (exact) mass is 448 g/mol. The number of benzene rings is 1. The molecule has 1 aliphatic heterocycles. The fourth-order valence-electron chi connectivity index (χ4n) is 3.77. The van der Waals surface area contributed by atoms with E-state index >= 15 is 0 Å². The quantitative estimate of drug-likeness (QED) is 0.684. The second-order valence-electron chi connectivity index (χ2n) is 7.47. The lowest BCUT2D eigenvalue weighted by atomic mass is 10.0. The molecule has 2 amide bonds. The number of aromatic nitrogens is 1. The van der Waals surface area contributed by atoms with E-state index in [1.165, 1.54) is 0 Å². The zero-order valence-corrected chi connectivity index (χ0v) is 18.2. The molecule has 0 saturated carbocycles. The maximum absolute atomic E-state index is 12.6. The van der Waals surface area contributed by atoms with Crippen LogP contribution >= 0.6 is 15.9 Å². The van der Waals surface area contributed by atoms with Crippen molar-refractivity contribution in [2.75, 3.05) is 26.2 Å². The molecule has 0 aliphatic carbocycles. The molecule has 0 unspecified atom stereocenters. The first-order valence-electron chi connectivity index (χ1n) is 10.0. The minimum absolute atomic E-state index is 0.0375. The van der Waals surface area contributed by atoms with Crippen molar-refractivity contribution in [1.82, 2.24) is 20.1 Å². The Morgan fingerprint density at radius 3 is 2.57 bits per heavy atom. The number of hydrogen-bond acceptors (Lipinski definition) is 3. The number of nitrogens with one attached hydrogen (secondary N) is 2. The van der Waals surface area contributed by atoms with Gasteiger partial charge in [-0.25, -0.2) is 0 Å². The molecule has 3 rings (SSSR count). The number of carbonyl (C=O) groups excluding carboxylic acids is 2. The first-order valence-corrected chi connectivity index (χ1v) is 10.8. The smallest absolute Gasteiger partial charge is 0.240 e. The molecule has 1 aliphatic rings. The van der Waals surface area contributed by atoms with Crippen molar-refractivity contribution in [3.8, 4) is 0 Å². The molecule has 1 fully saturated rings. The van der Waals surface area contributed by atoms with Crippen molar-refractivity contribution < 1.29 is 9.59 Å². The maximum atomic E-state index is 12.6. The molecule has 152 valence electrons. The first kappa shape index (κ1) is 20.9. The van der Waals surface area contributed by atoms with Gasteiger partial charge >= 0.3 is 0 Å². The van der Waals surface area contributed by atoms with Crippen molar-refractivity contribution in [3.05, 3.63) is 34.4 Å². The predicted molar refractivity (Wildman–Crippen MR) is 115 cm³/mol. The van der Waals surface area contributed by atoms with E-state index in [0.29, 0.717) is 13.1 Å². The number of hydrogen-bond donors (Lipinski definition) is 2. The van der Waals surface area contributed by atoms with Gasteiger partial charge in [0, 0.05) is 46.7 Å². The van der Waals surface area contributed by atoms with Crippen molar-refractivity contribution in [2.45, 2.75) is 45.7 Å². The van der Waals surface area contributed by atoms with Crippen LogP contribution < -0.4 is 10.6 Å². The molecule has 1 aromatic heterocycles. The van der Waals surface area contributed by atoms with E-state index in [1.807, 2.05) is 32.0 Å². The van der Waals surface area contributed by atoms with Gasteiger partial charge in [0.2, 0.25) is 11.8 Å². The van der Waals surface area contributed by atoms with Gasteiger partial charge in [0.05, 0.1) is 6.54 Å². The summed E-state index contributed by atoms with van der Waals surface area (Å²) in [6.07, 6.45) is 2.70. The highest BCUT2D eigenvalue weighted by atomic mass is 79.9. The molecule has 6 nitrogen and oxygen atoms in total. The summed E-state index contributed by atoms with van der Waals surface area (Å²) in [5.74, 6) is 0.125. The summed E-state index contributed by atoms with van der Waals surface area (Å²) in [4.78, 5) is 26.6. The molecule has 1 saturated heterocycles. The van der Waals surface area contributed by atoms with Gasteiger partial charge in [-0.3, -0.25) is 14.5 Å². The number of rotatable bonds is 7. The highest BCUT2D eigenvalue weighted by Gasteiger charge is 2.22. The topological polar surface area (TPSA) is 66.4 Å². The number of piperidine rings is 1. The SMILES string of the molecule is CCCNC(=O)CN1CCC(NC(=O)Cn2c(C)c(Br)c3ccccc32)CC1. The van der Waals surface area contributed by atoms with E-state index in [-0.39, 0.29) is 17.9 Å². The van der Waals surface area contributed by atoms with E-state index < -0.39 is 0 Å². The Kier molecular flexibility index (Phi) is 7.13. The number of nitrogens with zero attached hydrogens (tertiary/aromatic N) is 2. The third-order valence-electron chi connectivity index (χ3n) is 5.35. The van der Waals surface area contributed by atoms with Crippen LogP contribution in [0.15, 0.2) is 28.7 Å². The second-order valence-corrected chi connectivity index (χ2v) is 8.26. The summed E-state index contributed by atoms with van der Waals surface area (Å²) >= 11 is 3.64. The van der Waals surface area contributed by atoms with Crippen molar-refractivity contribution >= 4 is 38.6 Å². The summed E-state index contributed by atoms with van der Waals surface area (Å²) in [6.45, 7) is 7.24. The van der Waals surface area contributed by atoms with E-state index in [4.69, 9.17) is 0 Å². The van der Waals surface area contributed by atoms with Crippen LogP contribution in [-0.4, -0.2) is 53.5 Å². The molecule has 0 atom stereocenters.